The van der Waals surface area contributed by atoms with E-state index in [0.29, 0.717) is 52.8 Å². The number of aromatic nitrogens is 5. The van der Waals surface area contributed by atoms with Crippen LogP contribution in [0.1, 0.15) is 31.4 Å². The van der Waals surface area contributed by atoms with Gasteiger partial charge in [-0.15, -0.1) is 0 Å². The average molecular weight is 448 g/mol. The molecular formula is C23H24N6O4. The molecule has 2 atom stereocenters. The van der Waals surface area contributed by atoms with Gasteiger partial charge in [-0.25, -0.2) is 14.8 Å². The first-order chi connectivity index (χ1) is 15.7. The molecule has 3 aromatic heterocycles. The van der Waals surface area contributed by atoms with Gasteiger partial charge >= 0.3 is 6.09 Å². The molecule has 0 aliphatic carbocycles. The third-order valence-corrected chi connectivity index (χ3v) is 6.53. The van der Waals surface area contributed by atoms with Crippen LogP contribution in [-0.2, 0) is 7.05 Å². The van der Waals surface area contributed by atoms with Crippen molar-refractivity contribution in [3.63, 3.8) is 0 Å². The highest BCUT2D eigenvalue weighted by molar-refractivity contribution is 5.90. The van der Waals surface area contributed by atoms with Gasteiger partial charge in [-0.3, -0.25) is 9.48 Å². The molecule has 1 saturated heterocycles. The van der Waals surface area contributed by atoms with Gasteiger partial charge in [-0.2, -0.15) is 5.10 Å². The summed E-state index contributed by atoms with van der Waals surface area (Å²) in [5.41, 5.74) is 2.12. The van der Waals surface area contributed by atoms with Gasteiger partial charge in [-0.1, -0.05) is 0 Å². The maximum absolute atomic E-state index is 13.2. The van der Waals surface area contributed by atoms with E-state index in [1.54, 1.807) is 34.5 Å². The molecule has 0 spiro atoms. The number of nitrogens with zero attached hydrogens (tertiary/aromatic N) is 6. The lowest BCUT2D eigenvalue weighted by molar-refractivity contribution is 0.0972. The van der Waals surface area contributed by atoms with Crippen molar-refractivity contribution in [2.45, 2.75) is 38.8 Å². The number of phenolic OH excluding ortho intramolecular Hbond substituents is 1. The number of carboxylic acid groups (broad SMARTS) is 1. The van der Waals surface area contributed by atoms with Gasteiger partial charge < -0.3 is 19.7 Å². The first kappa shape index (κ1) is 20.9. The molecule has 4 aromatic rings. The lowest BCUT2D eigenvalue weighted by Gasteiger charge is -2.36. The maximum Gasteiger partial charge on any atom is 0.407 e. The summed E-state index contributed by atoms with van der Waals surface area (Å²) >= 11 is 0. The van der Waals surface area contributed by atoms with E-state index < -0.39 is 6.09 Å². The third-order valence-electron chi connectivity index (χ3n) is 6.53. The zero-order valence-electron chi connectivity index (χ0n) is 18.6. The van der Waals surface area contributed by atoms with E-state index in [4.69, 9.17) is 0 Å². The second-order valence-electron chi connectivity index (χ2n) is 8.66. The number of pyridine rings is 1. The molecule has 4 heterocycles. The number of fused-ring (bicyclic) bond motifs is 2. The number of rotatable bonds is 2. The van der Waals surface area contributed by atoms with E-state index >= 15 is 0 Å². The van der Waals surface area contributed by atoms with Crippen molar-refractivity contribution < 1.29 is 15.0 Å². The lowest BCUT2D eigenvalue weighted by atomic mass is 9.98. The van der Waals surface area contributed by atoms with Crippen LogP contribution < -0.4 is 5.56 Å². The molecule has 1 fully saturated rings. The minimum Gasteiger partial charge on any atom is -0.507 e. The van der Waals surface area contributed by atoms with Crippen LogP contribution in [-0.4, -0.2) is 58.1 Å². The van der Waals surface area contributed by atoms with E-state index in [1.165, 1.54) is 11.1 Å². The van der Waals surface area contributed by atoms with Gasteiger partial charge in [0.1, 0.15) is 5.75 Å². The quantitative estimate of drug-likeness (QED) is 0.482. The van der Waals surface area contributed by atoms with Gasteiger partial charge in [0.05, 0.1) is 22.0 Å². The Kier molecular flexibility index (Phi) is 4.80. The number of hydrogen-bond acceptors (Lipinski definition) is 6. The topological polar surface area (TPSA) is 126 Å². The van der Waals surface area contributed by atoms with Crippen LogP contribution in [0.2, 0.25) is 0 Å². The molecule has 2 unspecified atom stereocenters. The zero-order chi connectivity index (χ0) is 23.4. The Morgan fingerprint density at radius 1 is 1.30 bits per heavy atom. The first-order valence-corrected chi connectivity index (χ1v) is 10.8. The zero-order valence-corrected chi connectivity index (χ0v) is 18.6. The molecule has 0 bridgehead atoms. The SMILES string of the molecule is Cc1c(O)c(-c2ncc3c(=O)n(C4CCN(C(=O)O)C(C)C4)ccc3n2)cc2cn(C)nc12. The largest absolute Gasteiger partial charge is 0.507 e. The predicted octanol–water partition coefficient (Wildman–Crippen LogP) is 3.06. The van der Waals surface area contributed by atoms with E-state index in [2.05, 4.69) is 15.1 Å². The lowest BCUT2D eigenvalue weighted by Crippen LogP contribution is -2.45. The van der Waals surface area contributed by atoms with Crippen molar-refractivity contribution in [2.24, 2.45) is 7.05 Å². The maximum atomic E-state index is 13.2. The molecule has 1 aliphatic heterocycles. The molecule has 1 aromatic carbocycles. The Morgan fingerprint density at radius 3 is 2.82 bits per heavy atom. The molecule has 0 radical (unpaired) electrons. The standard InChI is InChI=1S/C23H24N6O4/c1-12-8-15(4-6-28(12)23(32)33)29-7-5-18-17(22(29)31)10-24-21(25-18)16-9-14-11-27(3)26-19(14)13(2)20(16)30/h5,7,9-12,15,30H,4,6,8H2,1-3H3,(H,32,33). The average Bonchev–Trinajstić information content (AvgIpc) is 3.16. The summed E-state index contributed by atoms with van der Waals surface area (Å²) in [6.07, 6.45) is 5.27. The molecule has 5 rings (SSSR count). The fourth-order valence-corrected chi connectivity index (χ4v) is 4.76. The molecule has 170 valence electrons. The van der Waals surface area contributed by atoms with Crippen molar-refractivity contribution in [3.8, 4) is 17.1 Å². The van der Waals surface area contributed by atoms with Crippen LogP contribution in [0.5, 0.6) is 5.75 Å². The van der Waals surface area contributed by atoms with Gasteiger partial charge in [-0.05, 0) is 38.8 Å². The summed E-state index contributed by atoms with van der Waals surface area (Å²) in [4.78, 5) is 34.9. The summed E-state index contributed by atoms with van der Waals surface area (Å²) in [7, 11) is 1.82. The summed E-state index contributed by atoms with van der Waals surface area (Å²) in [5, 5.41) is 25.7. The van der Waals surface area contributed by atoms with E-state index in [1.807, 2.05) is 20.2 Å². The molecule has 33 heavy (non-hydrogen) atoms. The highest BCUT2D eigenvalue weighted by Gasteiger charge is 2.30. The molecule has 10 nitrogen and oxygen atoms in total. The number of aryl methyl sites for hydroxylation is 2. The molecule has 10 heteroatoms. The van der Waals surface area contributed by atoms with Crippen LogP contribution >= 0.6 is 0 Å². The third kappa shape index (κ3) is 3.38. The number of aromatic hydroxyl groups is 1. The van der Waals surface area contributed by atoms with Gasteiger partial charge in [0.15, 0.2) is 5.82 Å². The Bertz CT molecular complexity index is 1470. The minimum atomic E-state index is -0.935. The number of amides is 1. The van der Waals surface area contributed by atoms with Crippen LogP contribution in [0.4, 0.5) is 4.79 Å². The fraction of sp³-hybridized carbons (Fsp3) is 0.348. The number of benzene rings is 1. The Balaban J connectivity index is 1.53. The number of piperidine rings is 1. The normalized spacial score (nSPS) is 18.8. The van der Waals surface area contributed by atoms with E-state index in [9.17, 15) is 19.8 Å². The molecular weight excluding hydrogens is 424 g/mol. The van der Waals surface area contributed by atoms with Gasteiger partial charge in [0.2, 0.25) is 0 Å². The molecule has 1 aliphatic rings. The summed E-state index contributed by atoms with van der Waals surface area (Å²) < 4.78 is 3.34. The monoisotopic (exact) mass is 448 g/mol. The smallest absolute Gasteiger partial charge is 0.407 e. The second-order valence-corrected chi connectivity index (χ2v) is 8.66. The number of phenols is 1. The Hall–Kier alpha value is -3.95. The van der Waals surface area contributed by atoms with E-state index in [0.717, 1.165) is 5.39 Å². The van der Waals surface area contributed by atoms with Crippen LogP contribution in [0.3, 0.4) is 0 Å². The summed E-state index contributed by atoms with van der Waals surface area (Å²) in [6.45, 7) is 4.04. The second kappa shape index (κ2) is 7.58. The van der Waals surface area contributed by atoms with Crippen LogP contribution in [0, 0.1) is 6.92 Å². The van der Waals surface area contributed by atoms with Crippen molar-refractivity contribution >= 4 is 27.9 Å². The van der Waals surface area contributed by atoms with Gasteiger partial charge in [0.25, 0.3) is 5.56 Å². The highest BCUT2D eigenvalue weighted by Crippen LogP contribution is 2.35. The van der Waals surface area contributed by atoms with Crippen molar-refractivity contribution in [1.29, 1.82) is 0 Å². The van der Waals surface area contributed by atoms with Crippen molar-refractivity contribution in [2.75, 3.05) is 6.54 Å². The minimum absolute atomic E-state index is 0.0630. The summed E-state index contributed by atoms with van der Waals surface area (Å²) in [5.74, 6) is 0.391. The molecule has 2 N–H and O–H groups in total. The number of carbonyl (C=O) groups is 1. The highest BCUT2D eigenvalue weighted by atomic mass is 16.4. The van der Waals surface area contributed by atoms with Crippen LogP contribution in [0.15, 0.2) is 35.5 Å². The summed E-state index contributed by atoms with van der Waals surface area (Å²) in [6, 6.07) is 3.30. The fourth-order valence-electron chi connectivity index (χ4n) is 4.76. The Morgan fingerprint density at radius 2 is 2.09 bits per heavy atom. The molecule has 0 saturated carbocycles. The van der Waals surface area contributed by atoms with Crippen molar-refractivity contribution in [1.82, 2.24) is 29.2 Å². The number of likely N-dealkylation sites (tertiary alicyclic amines) is 1. The van der Waals surface area contributed by atoms with Gasteiger partial charge in [0, 0.05) is 55.2 Å². The van der Waals surface area contributed by atoms with Crippen molar-refractivity contribution in [3.05, 3.63) is 46.6 Å². The first-order valence-electron chi connectivity index (χ1n) is 10.8. The Labute approximate surface area is 188 Å². The van der Waals surface area contributed by atoms with Crippen LogP contribution in [0.25, 0.3) is 33.2 Å². The molecule has 1 amide bonds. The predicted molar refractivity (Wildman–Crippen MR) is 122 cm³/mol. The number of hydrogen-bond donors (Lipinski definition) is 2. The van der Waals surface area contributed by atoms with E-state index in [-0.39, 0.29) is 23.4 Å².